The van der Waals surface area contributed by atoms with E-state index in [0.717, 1.165) is 6.26 Å². The highest BCUT2D eigenvalue weighted by molar-refractivity contribution is 7.90. The molecule has 0 saturated carbocycles. The lowest BCUT2D eigenvalue weighted by Crippen LogP contribution is -2.15. The number of benzene rings is 2. The molecular weight excluding hydrogens is 358 g/mol. The molecule has 0 aliphatic heterocycles. The minimum Gasteiger partial charge on any atom is -0.454 e. The molecule has 8 heteroatoms. The van der Waals surface area contributed by atoms with Crippen molar-refractivity contribution >= 4 is 33.2 Å². The Bertz CT molecular complexity index is 948. The number of hydrogen-bond acceptors (Lipinski definition) is 6. The second-order valence-electron chi connectivity index (χ2n) is 5.56. The summed E-state index contributed by atoms with van der Waals surface area (Å²) in [5, 5.41) is 2.58. The van der Waals surface area contributed by atoms with Crippen molar-refractivity contribution in [1.29, 1.82) is 0 Å². The van der Waals surface area contributed by atoms with E-state index in [4.69, 9.17) is 4.74 Å². The summed E-state index contributed by atoms with van der Waals surface area (Å²) in [5.74, 6) is -1.44. The third-order valence-electron chi connectivity index (χ3n) is 3.36. The topological polar surface area (TPSA) is 107 Å². The number of amides is 1. The van der Waals surface area contributed by atoms with E-state index in [2.05, 4.69) is 5.32 Å². The largest absolute Gasteiger partial charge is 0.454 e. The van der Waals surface area contributed by atoms with Crippen LogP contribution in [0.5, 0.6) is 0 Å². The predicted octanol–water partition coefficient (Wildman–Crippen LogP) is 2.09. The van der Waals surface area contributed by atoms with Gasteiger partial charge in [0.25, 0.3) is 0 Å². The molecule has 7 nitrogen and oxygen atoms in total. The Morgan fingerprint density at radius 1 is 1.00 bits per heavy atom. The van der Waals surface area contributed by atoms with Crippen molar-refractivity contribution in [2.45, 2.75) is 11.8 Å². The zero-order valence-corrected chi connectivity index (χ0v) is 15.0. The minimum atomic E-state index is -3.45. The molecule has 136 valence electrons. The van der Waals surface area contributed by atoms with Gasteiger partial charge in [0, 0.05) is 24.4 Å². The van der Waals surface area contributed by atoms with Gasteiger partial charge in [-0.05, 0) is 42.5 Å². The summed E-state index contributed by atoms with van der Waals surface area (Å²) in [7, 11) is -3.45. The maximum absolute atomic E-state index is 12.1. The first-order valence-electron chi connectivity index (χ1n) is 7.55. The second kappa shape index (κ2) is 7.92. The molecule has 0 atom stereocenters. The fourth-order valence-electron chi connectivity index (χ4n) is 2.09. The Morgan fingerprint density at radius 2 is 1.65 bits per heavy atom. The number of rotatable bonds is 6. The van der Waals surface area contributed by atoms with E-state index in [1.54, 1.807) is 12.1 Å². The van der Waals surface area contributed by atoms with E-state index < -0.39 is 28.2 Å². The summed E-state index contributed by atoms with van der Waals surface area (Å²) in [6.45, 7) is 0.888. The molecule has 1 amide bonds. The maximum atomic E-state index is 12.1. The maximum Gasteiger partial charge on any atom is 0.338 e. The van der Waals surface area contributed by atoms with Gasteiger partial charge in [-0.15, -0.1) is 0 Å². The third kappa shape index (κ3) is 5.25. The van der Waals surface area contributed by atoms with Crippen LogP contribution in [-0.2, 0) is 19.4 Å². The fraction of sp³-hybridized carbons (Fsp3) is 0.167. The lowest BCUT2D eigenvalue weighted by Gasteiger charge is -2.07. The smallest absolute Gasteiger partial charge is 0.338 e. The van der Waals surface area contributed by atoms with E-state index in [1.165, 1.54) is 43.3 Å². The van der Waals surface area contributed by atoms with Crippen LogP contribution in [0.1, 0.15) is 27.6 Å². The number of anilines is 1. The Balaban J connectivity index is 2.01. The Morgan fingerprint density at radius 3 is 2.23 bits per heavy atom. The van der Waals surface area contributed by atoms with Crippen LogP contribution >= 0.6 is 0 Å². The molecule has 0 radical (unpaired) electrons. The zero-order chi connectivity index (χ0) is 19.3. The number of carbonyl (C=O) groups excluding carboxylic acids is 3. The highest BCUT2D eigenvalue weighted by Crippen LogP contribution is 2.13. The molecule has 0 saturated heterocycles. The monoisotopic (exact) mass is 375 g/mol. The summed E-state index contributed by atoms with van der Waals surface area (Å²) in [6.07, 6.45) is 1.03. The summed E-state index contributed by atoms with van der Waals surface area (Å²) in [6, 6.07) is 11.5. The van der Waals surface area contributed by atoms with E-state index in [9.17, 15) is 22.8 Å². The second-order valence-corrected chi connectivity index (χ2v) is 7.57. The van der Waals surface area contributed by atoms with Crippen molar-refractivity contribution in [1.82, 2.24) is 0 Å². The summed E-state index contributed by atoms with van der Waals surface area (Å²) in [5.41, 5.74) is 0.905. The van der Waals surface area contributed by atoms with Crippen molar-refractivity contribution in [2.75, 3.05) is 18.2 Å². The van der Waals surface area contributed by atoms with Crippen LogP contribution in [0.2, 0.25) is 0 Å². The van der Waals surface area contributed by atoms with Gasteiger partial charge in [-0.25, -0.2) is 13.2 Å². The lowest BCUT2D eigenvalue weighted by atomic mass is 10.1. The normalized spacial score (nSPS) is 10.8. The van der Waals surface area contributed by atoms with Crippen LogP contribution in [0, 0.1) is 0 Å². The molecule has 0 bridgehead atoms. The highest BCUT2D eigenvalue weighted by Gasteiger charge is 2.15. The van der Waals surface area contributed by atoms with Crippen molar-refractivity contribution in [2.24, 2.45) is 0 Å². The van der Waals surface area contributed by atoms with Gasteiger partial charge in [0.2, 0.25) is 5.91 Å². The van der Waals surface area contributed by atoms with Crippen LogP contribution in [0.4, 0.5) is 5.69 Å². The molecule has 2 aromatic rings. The van der Waals surface area contributed by atoms with Gasteiger partial charge >= 0.3 is 5.97 Å². The molecule has 0 aliphatic carbocycles. The molecule has 0 aliphatic rings. The first-order chi connectivity index (χ1) is 12.2. The molecule has 1 N–H and O–H groups in total. The quantitative estimate of drug-likeness (QED) is 0.612. The number of carbonyl (C=O) groups is 3. The van der Waals surface area contributed by atoms with E-state index in [-0.39, 0.29) is 16.4 Å². The molecule has 26 heavy (non-hydrogen) atoms. The van der Waals surface area contributed by atoms with Gasteiger partial charge in [-0.2, -0.15) is 0 Å². The van der Waals surface area contributed by atoms with Gasteiger partial charge in [-0.1, -0.05) is 6.07 Å². The average Bonchev–Trinajstić information content (AvgIpc) is 2.59. The van der Waals surface area contributed by atoms with Crippen molar-refractivity contribution in [3.05, 3.63) is 59.7 Å². The van der Waals surface area contributed by atoms with Crippen molar-refractivity contribution < 1.29 is 27.5 Å². The van der Waals surface area contributed by atoms with Crippen LogP contribution < -0.4 is 5.32 Å². The van der Waals surface area contributed by atoms with Crippen LogP contribution in [-0.4, -0.2) is 38.9 Å². The molecule has 2 aromatic carbocycles. The Kier molecular flexibility index (Phi) is 5.89. The molecule has 0 fully saturated rings. The number of sulfone groups is 1. The van der Waals surface area contributed by atoms with E-state index >= 15 is 0 Å². The number of ketones is 1. The first kappa shape index (κ1) is 19.3. The summed E-state index contributed by atoms with van der Waals surface area (Å²) >= 11 is 0. The SMILES string of the molecule is CC(=O)Nc1ccc(C(=O)COC(=O)c2cccc(S(C)(=O)=O)c2)cc1. The van der Waals surface area contributed by atoms with E-state index in [0.29, 0.717) is 11.3 Å². The standard InChI is InChI=1S/C18H17NO6S/c1-12(20)19-15-8-6-13(7-9-15)17(21)11-25-18(22)14-4-3-5-16(10-14)26(2,23)24/h3-10H,11H2,1-2H3,(H,19,20). The number of Topliss-reactive ketones (excluding diaryl/α,β-unsaturated/α-hetero) is 1. The number of esters is 1. The number of hydrogen-bond donors (Lipinski definition) is 1. The van der Waals surface area contributed by atoms with Crippen LogP contribution in [0.15, 0.2) is 53.4 Å². The minimum absolute atomic E-state index is 0.00756. The molecule has 2 rings (SSSR count). The van der Waals surface area contributed by atoms with Gasteiger partial charge in [-0.3, -0.25) is 9.59 Å². The Hall–Kier alpha value is -3.00. The summed E-state index contributed by atoms with van der Waals surface area (Å²) < 4.78 is 28.0. The first-order valence-corrected chi connectivity index (χ1v) is 9.44. The molecule has 0 heterocycles. The Labute approximate surface area is 150 Å². The van der Waals surface area contributed by atoms with Gasteiger partial charge in [0.05, 0.1) is 10.5 Å². The highest BCUT2D eigenvalue weighted by atomic mass is 32.2. The third-order valence-corrected chi connectivity index (χ3v) is 4.47. The summed E-state index contributed by atoms with van der Waals surface area (Å²) in [4.78, 5) is 35.0. The van der Waals surface area contributed by atoms with Gasteiger partial charge < -0.3 is 10.1 Å². The van der Waals surface area contributed by atoms with E-state index in [1.807, 2.05) is 0 Å². The molecule has 0 spiro atoms. The van der Waals surface area contributed by atoms with Crippen LogP contribution in [0.25, 0.3) is 0 Å². The fourth-order valence-corrected chi connectivity index (χ4v) is 2.76. The predicted molar refractivity (Wildman–Crippen MR) is 94.9 cm³/mol. The van der Waals surface area contributed by atoms with Crippen molar-refractivity contribution in [3.8, 4) is 0 Å². The van der Waals surface area contributed by atoms with Gasteiger partial charge in [0.15, 0.2) is 22.2 Å². The number of ether oxygens (including phenoxy) is 1. The zero-order valence-electron chi connectivity index (χ0n) is 14.2. The average molecular weight is 375 g/mol. The molecule has 0 unspecified atom stereocenters. The van der Waals surface area contributed by atoms with Gasteiger partial charge in [0.1, 0.15) is 0 Å². The molecular formula is C18H17NO6S. The van der Waals surface area contributed by atoms with Crippen LogP contribution in [0.3, 0.4) is 0 Å². The number of nitrogens with one attached hydrogen (secondary N) is 1. The lowest BCUT2D eigenvalue weighted by molar-refractivity contribution is -0.114. The molecule has 0 aromatic heterocycles. The van der Waals surface area contributed by atoms with Crippen molar-refractivity contribution in [3.63, 3.8) is 0 Å².